The van der Waals surface area contributed by atoms with Crippen molar-refractivity contribution in [3.05, 3.63) is 78.4 Å². The van der Waals surface area contributed by atoms with Crippen molar-refractivity contribution >= 4 is 23.6 Å². The van der Waals surface area contributed by atoms with E-state index in [-0.39, 0.29) is 49.6 Å². The molecule has 3 aliphatic rings. The Labute approximate surface area is 345 Å². The molecule has 2 N–H and O–H groups in total. The number of oxime groups is 1. The average molecular weight is 807 g/mol. The first-order chi connectivity index (χ1) is 27.2. The predicted octanol–water partition coefficient (Wildman–Crippen LogP) is 9.40. The summed E-state index contributed by atoms with van der Waals surface area (Å²) in [4.78, 5) is 23.0. The van der Waals surface area contributed by atoms with Crippen LogP contribution in [0, 0.1) is 23.2 Å². The van der Waals surface area contributed by atoms with Crippen molar-refractivity contribution in [1.29, 1.82) is 0 Å². The molecule has 2 aliphatic carbocycles. The van der Waals surface area contributed by atoms with E-state index in [0.717, 1.165) is 54.0 Å². The highest BCUT2D eigenvalue weighted by Gasteiger charge is 2.65. The molecule has 5 rings (SSSR count). The van der Waals surface area contributed by atoms with E-state index in [1.165, 1.54) is 4.90 Å². The maximum absolute atomic E-state index is 14.0. The van der Waals surface area contributed by atoms with Gasteiger partial charge in [-0.05, 0) is 99.6 Å². The quantitative estimate of drug-likeness (QED) is 0.0620. The zero-order valence-electron chi connectivity index (χ0n) is 35.2. The predicted molar refractivity (Wildman–Crippen MR) is 227 cm³/mol. The molecule has 0 aromatic heterocycles. The van der Waals surface area contributed by atoms with Gasteiger partial charge in [0.25, 0.3) is 0 Å². The van der Waals surface area contributed by atoms with Gasteiger partial charge in [-0.1, -0.05) is 69.1 Å². The third-order valence-corrected chi connectivity index (χ3v) is 11.8. The number of amides is 1. The van der Waals surface area contributed by atoms with Crippen LogP contribution in [0.15, 0.2) is 82.9 Å². The molecule has 11 heteroatoms. The van der Waals surface area contributed by atoms with Gasteiger partial charge in [0.2, 0.25) is 5.79 Å². The SMILES string of the molecule is C=CCOC12Oc3ccc(OCCSc4ccccc4)cc3C3C(CCCCO)C(CCCCO)C=C(C(=NOC(C)(C)C)CC1N(C)C(=O)OCC(C)(C)C)C32. The summed E-state index contributed by atoms with van der Waals surface area (Å²) in [6, 6.07) is 15.7. The summed E-state index contributed by atoms with van der Waals surface area (Å²) < 4.78 is 26.6. The average Bonchev–Trinajstić information content (AvgIpc) is 3.17. The maximum atomic E-state index is 14.0. The molecule has 0 saturated heterocycles. The third-order valence-electron chi connectivity index (χ3n) is 10.8. The van der Waals surface area contributed by atoms with E-state index in [1.807, 2.05) is 71.9 Å². The molecule has 1 aliphatic heterocycles. The lowest BCUT2D eigenvalue weighted by Gasteiger charge is -2.59. The van der Waals surface area contributed by atoms with Crippen LogP contribution in [0.4, 0.5) is 4.79 Å². The van der Waals surface area contributed by atoms with Crippen LogP contribution in [0.5, 0.6) is 11.5 Å². The van der Waals surface area contributed by atoms with Crippen LogP contribution in [0.3, 0.4) is 0 Å². The Hall–Kier alpha value is -3.51. The van der Waals surface area contributed by atoms with Gasteiger partial charge in [0.15, 0.2) is 0 Å². The van der Waals surface area contributed by atoms with Crippen molar-refractivity contribution in [1.82, 2.24) is 4.90 Å². The molecule has 10 nitrogen and oxygen atoms in total. The van der Waals surface area contributed by atoms with Crippen LogP contribution >= 0.6 is 11.8 Å². The van der Waals surface area contributed by atoms with Gasteiger partial charge in [0.1, 0.15) is 23.1 Å². The highest BCUT2D eigenvalue weighted by molar-refractivity contribution is 7.99. The third kappa shape index (κ3) is 11.4. The second-order valence-electron chi connectivity index (χ2n) is 17.7. The van der Waals surface area contributed by atoms with E-state index >= 15 is 0 Å². The molecule has 314 valence electrons. The van der Waals surface area contributed by atoms with Gasteiger partial charge in [-0.3, -0.25) is 0 Å². The number of unbranched alkanes of at least 4 members (excludes halogenated alkanes) is 2. The molecule has 0 bridgehead atoms. The van der Waals surface area contributed by atoms with E-state index in [4.69, 9.17) is 28.9 Å². The van der Waals surface area contributed by atoms with Crippen molar-refractivity contribution in [2.75, 3.05) is 45.8 Å². The fourth-order valence-corrected chi connectivity index (χ4v) is 9.10. The van der Waals surface area contributed by atoms with Gasteiger partial charge in [-0.25, -0.2) is 4.79 Å². The normalized spacial score (nSPS) is 24.8. The zero-order chi connectivity index (χ0) is 41.2. The van der Waals surface area contributed by atoms with Crippen LogP contribution in [-0.4, -0.2) is 90.2 Å². The number of fused-ring (bicyclic) bond motifs is 2. The minimum absolute atomic E-state index is 0.115. The van der Waals surface area contributed by atoms with E-state index in [2.05, 4.69) is 30.9 Å². The summed E-state index contributed by atoms with van der Waals surface area (Å²) in [6.45, 7) is 17.2. The molecule has 1 heterocycles. The molecule has 1 saturated carbocycles. The number of carbonyl (C=O) groups is 1. The lowest BCUT2D eigenvalue weighted by atomic mass is 9.55. The fraction of sp³-hybridized carbons (Fsp3) is 0.609. The number of ether oxygens (including phenoxy) is 4. The highest BCUT2D eigenvalue weighted by atomic mass is 32.2. The summed E-state index contributed by atoms with van der Waals surface area (Å²) in [5.41, 5.74) is 1.97. The van der Waals surface area contributed by atoms with Crippen LogP contribution in [0.2, 0.25) is 0 Å². The molecule has 0 radical (unpaired) electrons. The Kier molecular flexibility index (Phi) is 15.6. The molecule has 2 aromatic rings. The number of hydrogen-bond donors (Lipinski definition) is 2. The van der Waals surface area contributed by atoms with E-state index < -0.39 is 29.4 Å². The highest BCUT2D eigenvalue weighted by Crippen LogP contribution is 2.62. The second kappa shape index (κ2) is 20.0. The van der Waals surface area contributed by atoms with Crippen molar-refractivity contribution in [3.63, 3.8) is 0 Å². The topological polar surface area (TPSA) is 119 Å². The fourth-order valence-electron chi connectivity index (χ4n) is 8.35. The molecule has 1 fully saturated rings. The van der Waals surface area contributed by atoms with Gasteiger partial charge in [-0.15, -0.1) is 18.3 Å². The van der Waals surface area contributed by atoms with Crippen molar-refractivity contribution in [2.45, 2.75) is 115 Å². The second-order valence-corrected chi connectivity index (χ2v) is 18.9. The van der Waals surface area contributed by atoms with Crippen LogP contribution < -0.4 is 9.47 Å². The minimum Gasteiger partial charge on any atom is -0.493 e. The smallest absolute Gasteiger partial charge is 0.410 e. The lowest BCUT2D eigenvalue weighted by molar-refractivity contribution is -0.254. The zero-order valence-corrected chi connectivity index (χ0v) is 36.0. The van der Waals surface area contributed by atoms with E-state index in [9.17, 15) is 15.0 Å². The van der Waals surface area contributed by atoms with Crippen LogP contribution in [-0.2, 0) is 14.3 Å². The molecule has 6 unspecified atom stereocenters. The Morgan fingerprint density at radius 1 is 1.04 bits per heavy atom. The first kappa shape index (κ1) is 44.6. The van der Waals surface area contributed by atoms with E-state index in [1.54, 1.807) is 29.8 Å². The summed E-state index contributed by atoms with van der Waals surface area (Å²) in [5.74, 6) is 0.596. The molecule has 0 spiro atoms. The number of hydrogen-bond acceptors (Lipinski definition) is 10. The Balaban J connectivity index is 1.67. The van der Waals surface area contributed by atoms with Crippen molar-refractivity contribution < 1.29 is 38.8 Å². The van der Waals surface area contributed by atoms with Crippen LogP contribution in [0.25, 0.3) is 0 Å². The van der Waals surface area contributed by atoms with Gasteiger partial charge in [-0.2, -0.15) is 0 Å². The molecule has 57 heavy (non-hydrogen) atoms. The standard InChI is InChI=1S/C46H66N2O8S/c1-9-25-54-46-40(48(8)43(51)53-31-44(2,3)4)30-38(47-56-45(5,6)7)36-28-32(17-13-15-23-49)35(20-14-16-24-50)41(42(36)46)37-29-33(21-22-39(37)55-46)52-26-27-57-34-18-11-10-12-19-34/h9-12,18-19,21-22,28-29,32,35,40-42,49-50H,1,13-17,20,23-27,30-31H2,2-8H3. The van der Waals surface area contributed by atoms with Gasteiger partial charge < -0.3 is 38.9 Å². The largest absolute Gasteiger partial charge is 0.493 e. The number of aliphatic hydroxyl groups is 2. The first-order valence-corrected chi connectivity index (χ1v) is 21.7. The minimum atomic E-state index is -1.34. The number of aliphatic hydroxyl groups excluding tert-OH is 2. The first-order valence-electron chi connectivity index (χ1n) is 20.7. The number of nitrogens with zero attached hydrogens (tertiary/aromatic N) is 2. The molecule has 1 amide bonds. The van der Waals surface area contributed by atoms with Crippen LogP contribution in [0.1, 0.15) is 98.0 Å². The number of likely N-dealkylation sites (N-methyl/N-ethyl adjacent to an activating group) is 1. The number of carbonyl (C=O) groups excluding carboxylic acids is 1. The lowest BCUT2D eigenvalue weighted by Crippen LogP contribution is -2.69. The Morgan fingerprint density at radius 2 is 1.75 bits per heavy atom. The van der Waals surface area contributed by atoms with E-state index in [0.29, 0.717) is 31.6 Å². The van der Waals surface area contributed by atoms with Gasteiger partial charge in [0.05, 0.1) is 31.5 Å². The molecular formula is C46H66N2O8S. The number of benzene rings is 2. The Morgan fingerprint density at radius 3 is 2.42 bits per heavy atom. The molecule has 2 aromatic carbocycles. The Bertz CT molecular complexity index is 1690. The van der Waals surface area contributed by atoms with Gasteiger partial charge in [0, 0.05) is 48.8 Å². The summed E-state index contributed by atoms with van der Waals surface area (Å²) in [6.07, 6.45) is 8.72. The molecular weight excluding hydrogens is 741 g/mol. The number of thioether (sulfide) groups is 1. The maximum Gasteiger partial charge on any atom is 0.410 e. The number of rotatable bonds is 19. The monoisotopic (exact) mass is 806 g/mol. The van der Waals surface area contributed by atoms with Gasteiger partial charge >= 0.3 is 6.09 Å². The number of allylic oxidation sites excluding steroid dienone is 1. The van der Waals surface area contributed by atoms with Crippen molar-refractivity contribution in [2.24, 2.45) is 28.3 Å². The molecule has 6 atom stereocenters. The summed E-state index contributed by atoms with van der Waals surface area (Å²) in [5, 5.41) is 24.6. The summed E-state index contributed by atoms with van der Waals surface area (Å²) >= 11 is 1.75. The summed E-state index contributed by atoms with van der Waals surface area (Å²) in [7, 11) is 1.75. The van der Waals surface area contributed by atoms with Crippen molar-refractivity contribution in [3.8, 4) is 11.5 Å².